The fraction of sp³-hybridized carbons (Fsp3) is 0.353. The van der Waals surface area contributed by atoms with E-state index in [1.165, 1.54) is 23.5 Å². The van der Waals surface area contributed by atoms with E-state index in [0.717, 1.165) is 5.56 Å². The van der Waals surface area contributed by atoms with E-state index in [1.54, 1.807) is 26.0 Å². The molecule has 2 rings (SSSR count). The molecule has 24 heavy (non-hydrogen) atoms. The fourth-order valence-corrected chi connectivity index (χ4v) is 3.06. The number of nitrogens with one attached hydrogen (secondary N) is 1. The van der Waals surface area contributed by atoms with Gasteiger partial charge in [0.2, 0.25) is 0 Å². The van der Waals surface area contributed by atoms with Crippen molar-refractivity contribution in [2.75, 3.05) is 13.2 Å². The molecule has 128 valence electrons. The number of esters is 1. The van der Waals surface area contributed by atoms with Crippen LogP contribution in [0.15, 0.2) is 24.3 Å². The van der Waals surface area contributed by atoms with Crippen LogP contribution in [0.4, 0.5) is 4.39 Å². The number of aryl methyl sites for hydroxylation is 1. The van der Waals surface area contributed by atoms with Gasteiger partial charge in [0.15, 0.2) is 0 Å². The van der Waals surface area contributed by atoms with Crippen LogP contribution in [0.2, 0.25) is 0 Å². The zero-order valence-electron chi connectivity index (χ0n) is 13.6. The van der Waals surface area contributed by atoms with Crippen LogP contribution in [-0.4, -0.2) is 30.0 Å². The Balaban J connectivity index is 1.93. The third kappa shape index (κ3) is 4.86. The Morgan fingerprint density at radius 3 is 2.67 bits per heavy atom. The summed E-state index contributed by atoms with van der Waals surface area (Å²) >= 11 is 1.26. The summed E-state index contributed by atoms with van der Waals surface area (Å²) in [6, 6.07) is 5.99. The number of hydrogen-bond acceptors (Lipinski definition) is 5. The van der Waals surface area contributed by atoms with Crippen LogP contribution in [0.5, 0.6) is 0 Å². The summed E-state index contributed by atoms with van der Waals surface area (Å²) in [5, 5.41) is 3.45. The van der Waals surface area contributed by atoms with E-state index in [-0.39, 0.29) is 24.1 Å². The van der Waals surface area contributed by atoms with Gasteiger partial charge in [-0.2, -0.15) is 0 Å². The third-order valence-electron chi connectivity index (χ3n) is 3.24. The second-order valence-corrected chi connectivity index (χ2v) is 6.10. The highest BCUT2D eigenvalue weighted by molar-refractivity contribution is 7.17. The molecular weight excluding hydrogens is 331 g/mol. The molecule has 0 spiro atoms. The van der Waals surface area contributed by atoms with Crippen LogP contribution in [0.25, 0.3) is 10.6 Å². The fourth-order valence-electron chi connectivity index (χ4n) is 2.07. The molecule has 0 fully saturated rings. The topological polar surface area (TPSA) is 68.3 Å². The van der Waals surface area contributed by atoms with Crippen LogP contribution in [0.1, 0.15) is 35.1 Å². The highest BCUT2D eigenvalue weighted by Crippen LogP contribution is 2.27. The van der Waals surface area contributed by atoms with Crippen molar-refractivity contribution in [1.29, 1.82) is 0 Å². The van der Waals surface area contributed by atoms with E-state index in [4.69, 9.17) is 4.74 Å². The minimum atomic E-state index is -0.313. The van der Waals surface area contributed by atoms with E-state index in [1.807, 2.05) is 0 Å². The molecule has 1 aromatic carbocycles. The lowest BCUT2D eigenvalue weighted by Crippen LogP contribution is -2.24. The Kier molecular flexibility index (Phi) is 6.43. The number of benzene rings is 1. The van der Waals surface area contributed by atoms with Crippen molar-refractivity contribution in [3.8, 4) is 10.6 Å². The maximum Gasteiger partial charge on any atom is 0.305 e. The van der Waals surface area contributed by atoms with Gasteiger partial charge < -0.3 is 10.1 Å². The number of carbonyl (C=O) groups excluding carboxylic acids is 2. The van der Waals surface area contributed by atoms with E-state index in [0.29, 0.717) is 35.2 Å². The highest BCUT2D eigenvalue weighted by Gasteiger charge is 2.16. The van der Waals surface area contributed by atoms with Gasteiger partial charge in [-0.3, -0.25) is 9.59 Å². The number of ether oxygens (including phenoxy) is 1. The minimum absolute atomic E-state index is 0.220. The van der Waals surface area contributed by atoms with E-state index in [9.17, 15) is 14.0 Å². The van der Waals surface area contributed by atoms with Gasteiger partial charge in [-0.15, -0.1) is 11.3 Å². The van der Waals surface area contributed by atoms with Crippen LogP contribution >= 0.6 is 11.3 Å². The van der Waals surface area contributed by atoms with Gasteiger partial charge in [-0.1, -0.05) is 0 Å². The SMILES string of the molecule is CCOC(=O)CCCNC(=O)c1sc(-c2ccc(F)cc2)nc1C. The van der Waals surface area contributed by atoms with Crippen molar-refractivity contribution in [3.05, 3.63) is 40.7 Å². The Bertz CT molecular complexity index is 713. The zero-order valence-corrected chi connectivity index (χ0v) is 14.4. The maximum atomic E-state index is 13.0. The largest absolute Gasteiger partial charge is 0.466 e. The summed E-state index contributed by atoms with van der Waals surface area (Å²) < 4.78 is 17.8. The van der Waals surface area contributed by atoms with Crippen molar-refractivity contribution in [1.82, 2.24) is 10.3 Å². The normalized spacial score (nSPS) is 10.5. The molecule has 0 aliphatic rings. The molecule has 1 aromatic heterocycles. The highest BCUT2D eigenvalue weighted by atomic mass is 32.1. The first-order valence-electron chi connectivity index (χ1n) is 7.68. The number of aromatic nitrogens is 1. The minimum Gasteiger partial charge on any atom is -0.466 e. The molecule has 1 heterocycles. The quantitative estimate of drug-likeness (QED) is 0.614. The molecule has 0 aliphatic heterocycles. The predicted molar refractivity (Wildman–Crippen MR) is 90.4 cm³/mol. The maximum absolute atomic E-state index is 13.0. The van der Waals surface area contributed by atoms with Gasteiger partial charge in [0, 0.05) is 18.5 Å². The second kappa shape index (κ2) is 8.54. The van der Waals surface area contributed by atoms with Crippen molar-refractivity contribution in [2.24, 2.45) is 0 Å². The van der Waals surface area contributed by atoms with Crippen LogP contribution in [-0.2, 0) is 9.53 Å². The number of amides is 1. The van der Waals surface area contributed by atoms with Gasteiger partial charge in [-0.05, 0) is 44.5 Å². The van der Waals surface area contributed by atoms with Crippen molar-refractivity contribution in [3.63, 3.8) is 0 Å². The molecular formula is C17H19FN2O3S. The summed E-state index contributed by atoms with van der Waals surface area (Å²) in [6.45, 7) is 4.26. The molecule has 0 unspecified atom stereocenters. The molecule has 5 nitrogen and oxygen atoms in total. The Labute approximate surface area is 143 Å². The average Bonchev–Trinajstić information content (AvgIpc) is 2.94. The predicted octanol–water partition coefficient (Wildman–Crippen LogP) is 3.33. The average molecular weight is 350 g/mol. The van der Waals surface area contributed by atoms with Gasteiger partial charge in [0.05, 0.1) is 12.3 Å². The lowest BCUT2D eigenvalue weighted by Gasteiger charge is -2.04. The first kappa shape index (κ1) is 18.1. The summed E-state index contributed by atoms with van der Waals surface area (Å²) in [7, 11) is 0. The monoisotopic (exact) mass is 350 g/mol. The first-order valence-corrected chi connectivity index (χ1v) is 8.50. The molecule has 0 radical (unpaired) electrons. The first-order chi connectivity index (χ1) is 11.5. The summed E-state index contributed by atoms with van der Waals surface area (Å²) in [6.07, 6.45) is 0.796. The van der Waals surface area contributed by atoms with Crippen LogP contribution < -0.4 is 5.32 Å². The lowest BCUT2D eigenvalue weighted by atomic mass is 10.2. The summed E-state index contributed by atoms with van der Waals surface area (Å²) in [5.74, 6) is -0.798. The number of thiazole rings is 1. The lowest BCUT2D eigenvalue weighted by molar-refractivity contribution is -0.143. The van der Waals surface area contributed by atoms with Crippen LogP contribution in [0.3, 0.4) is 0 Å². The Hall–Kier alpha value is -2.28. The Morgan fingerprint density at radius 2 is 2.00 bits per heavy atom. The van der Waals surface area contributed by atoms with E-state index < -0.39 is 0 Å². The molecule has 0 atom stereocenters. The molecule has 7 heteroatoms. The standard InChI is InChI=1S/C17H19FN2O3S/c1-3-23-14(21)5-4-10-19-16(22)15-11(2)20-17(24-15)12-6-8-13(18)9-7-12/h6-9H,3-5,10H2,1-2H3,(H,19,22). The molecule has 1 amide bonds. The molecule has 2 aromatic rings. The number of halogens is 1. The number of nitrogens with zero attached hydrogens (tertiary/aromatic N) is 1. The Morgan fingerprint density at radius 1 is 1.29 bits per heavy atom. The molecule has 0 bridgehead atoms. The van der Waals surface area contributed by atoms with Crippen molar-refractivity contribution >= 4 is 23.2 Å². The zero-order chi connectivity index (χ0) is 17.5. The van der Waals surface area contributed by atoms with Gasteiger partial charge in [0.1, 0.15) is 15.7 Å². The second-order valence-electron chi connectivity index (χ2n) is 5.10. The van der Waals surface area contributed by atoms with Gasteiger partial charge in [0.25, 0.3) is 5.91 Å². The summed E-state index contributed by atoms with van der Waals surface area (Å²) in [4.78, 5) is 28.3. The van der Waals surface area contributed by atoms with Crippen molar-refractivity contribution in [2.45, 2.75) is 26.7 Å². The van der Waals surface area contributed by atoms with Crippen molar-refractivity contribution < 1.29 is 18.7 Å². The van der Waals surface area contributed by atoms with E-state index >= 15 is 0 Å². The van der Waals surface area contributed by atoms with Gasteiger partial charge >= 0.3 is 5.97 Å². The summed E-state index contributed by atoms with van der Waals surface area (Å²) in [5.41, 5.74) is 1.40. The molecule has 0 saturated heterocycles. The number of carbonyl (C=O) groups is 2. The third-order valence-corrected chi connectivity index (χ3v) is 4.45. The van der Waals surface area contributed by atoms with Crippen LogP contribution in [0, 0.1) is 12.7 Å². The molecule has 1 N–H and O–H groups in total. The van der Waals surface area contributed by atoms with Gasteiger partial charge in [-0.25, -0.2) is 9.37 Å². The number of rotatable bonds is 7. The molecule has 0 saturated carbocycles. The number of hydrogen-bond donors (Lipinski definition) is 1. The molecule has 0 aliphatic carbocycles. The van der Waals surface area contributed by atoms with E-state index in [2.05, 4.69) is 10.3 Å². The smallest absolute Gasteiger partial charge is 0.305 e.